The molecule has 1 atom stereocenters. The molecule has 3 rings (SSSR count). The first-order chi connectivity index (χ1) is 9.48. The molecule has 2 aliphatic rings. The first-order valence-corrected chi connectivity index (χ1v) is 6.08. The summed E-state index contributed by atoms with van der Waals surface area (Å²) in [4.78, 5) is 23.6. The molecule has 1 fully saturated rings. The van der Waals surface area contributed by atoms with Gasteiger partial charge in [-0.1, -0.05) is 6.07 Å². The number of rotatable bonds is 3. The Morgan fingerprint density at radius 3 is 2.90 bits per heavy atom. The number of carboxylic acid groups (broad SMARTS) is 1. The zero-order valence-electron chi connectivity index (χ0n) is 10.8. The lowest BCUT2D eigenvalue weighted by atomic mass is 9.95. The summed E-state index contributed by atoms with van der Waals surface area (Å²) in [6.45, 7) is 1.71. The van der Waals surface area contributed by atoms with E-state index in [9.17, 15) is 9.59 Å². The van der Waals surface area contributed by atoms with Crippen LogP contribution in [0.4, 0.5) is 4.79 Å². The maximum atomic E-state index is 11.7. The molecule has 1 amide bonds. The van der Waals surface area contributed by atoms with Gasteiger partial charge in [0.2, 0.25) is 6.79 Å². The highest BCUT2D eigenvalue weighted by molar-refractivity contribution is 5.78. The molecule has 0 saturated carbocycles. The second-order valence-electron chi connectivity index (χ2n) is 4.92. The molecule has 0 radical (unpaired) electrons. The van der Waals surface area contributed by atoms with Gasteiger partial charge >= 0.3 is 12.1 Å². The number of nitrogens with zero attached hydrogens (tertiary/aromatic N) is 1. The maximum Gasteiger partial charge on any atom is 0.411 e. The van der Waals surface area contributed by atoms with Gasteiger partial charge in [-0.05, 0) is 19.1 Å². The molecule has 1 aromatic rings. The molecule has 1 unspecified atom stereocenters. The van der Waals surface area contributed by atoms with Crippen LogP contribution in [0, 0.1) is 0 Å². The Morgan fingerprint density at radius 2 is 2.15 bits per heavy atom. The average Bonchev–Trinajstić information content (AvgIpc) is 2.94. The Morgan fingerprint density at radius 1 is 1.40 bits per heavy atom. The van der Waals surface area contributed by atoms with Gasteiger partial charge in [0.15, 0.2) is 17.1 Å². The van der Waals surface area contributed by atoms with Crippen LogP contribution in [0.2, 0.25) is 0 Å². The van der Waals surface area contributed by atoms with E-state index in [1.807, 2.05) is 0 Å². The monoisotopic (exact) mass is 279 g/mol. The Hall–Kier alpha value is -2.44. The lowest BCUT2D eigenvalue weighted by Crippen LogP contribution is -2.33. The van der Waals surface area contributed by atoms with Crippen molar-refractivity contribution in [2.45, 2.75) is 12.5 Å². The topological polar surface area (TPSA) is 85.3 Å². The van der Waals surface area contributed by atoms with Gasteiger partial charge in [0.05, 0.1) is 6.54 Å². The molecule has 0 bridgehead atoms. The highest BCUT2D eigenvalue weighted by atomic mass is 16.7. The number of hydrogen-bond donors (Lipinski definition) is 1. The van der Waals surface area contributed by atoms with E-state index < -0.39 is 17.7 Å². The van der Waals surface area contributed by atoms with Gasteiger partial charge < -0.3 is 19.3 Å². The maximum absolute atomic E-state index is 11.7. The van der Waals surface area contributed by atoms with E-state index >= 15 is 0 Å². The summed E-state index contributed by atoms with van der Waals surface area (Å²) in [6, 6.07) is 5.28. The largest absolute Gasteiger partial charge is 0.480 e. The van der Waals surface area contributed by atoms with Crippen molar-refractivity contribution in [3.63, 3.8) is 0 Å². The molecule has 7 nitrogen and oxygen atoms in total. The zero-order chi connectivity index (χ0) is 14.3. The van der Waals surface area contributed by atoms with Crippen LogP contribution < -0.4 is 9.47 Å². The summed E-state index contributed by atoms with van der Waals surface area (Å²) >= 11 is 0. The fourth-order valence-corrected chi connectivity index (χ4v) is 2.38. The van der Waals surface area contributed by atoms with Crippen LogP contribution in [-0.2, 0) is 15.1 Å². The minimum Gasteiger partial charge on any atom is -0.480 e. The standard InChI is InChI=1S/C13H13NO6/c1-13(6-14(5-11(15)16)12(17)20-13)8-2-3-9-10(4-8)19-7-18-9/h2-4H,5-7H2,1H3,(H,15,16). The number of aliphatic carboxylic acids is 1. The smallest absolute Gasteiger partial charge is 0.411 e. The molecular formula is C13H13NO6. The van der Waals surface area contributed by atoms with E-state index in [4.69, 9.17) is 19.3 Å². The number of carboxylic acids is 1. The number of carbonyl (C=O) groups is 2. The Kier molecular flexibility index (Phi) is 2.70. The number of fused-ring (bicyclic) bond motifs is 1. The predicted molar refractivity (Wildman–Crippen MR) is 65.6 cm³/mol. The molecule has 0 aliphatic carbocycles. The number of hydrogen-bond acceptors (Lipinski definition) is 5. The molecular weight excluding hydrogens is 266 g/mol. The molecule has 2 heterocycles. The summed E-state index contributed by atoms with van der Waals surface area (Å²) in [5, 5.41) is 8.77. The van der Waals surface area contributed by atoms with Crippen LogP contribution >= 0.6 is 0 Å². The van der Waals surface area contributed by atoms with Gasteiger partial charge in [-0.3, -0.25) is 9.69 Å². The summed E-state index contributed by atoms with van der Waals surface area (Å²) in [5.74, 6) is 0.164. The quantitative estimate of drug-likeness (QED) is 0.893. The van der Waals surface area contributed by atoms with Crippen molar-refractivity contribution < 1.29 is 28.9 Å². The highest BCUT2D eigenvalue weighted by Gasteiger charge is 2.43. The third-order valence-corrected chi connectivity index (χ3v) is 3.37. The van der Waals surface area contributed by atoms with Gasteiger partial charge in [0, 0.05) is 5.56 Å². The van der Waals surface area contributed by atoms with Crippen molar-refractivity contribution >= 4 is 12.1 Å². The molecule has 106 valence electrons. The predicted octanol–water partition coefficient (Wildman–Crippen LogP) is 1.17. The van der Waals surface area contributed by atoms with Crippen LogP contribution in [0.5, 0.6) is 11.5 Å². The number of carbonyl (C=O) groups excluding carboxylic acids is 1. The summed E-state index contributed by atoms with van der Waals surface area (Å²) in [5.41, 5.74) is -0.156. The second kappa shape index (κ2) is 4.29. The minimum absolute atomic E-state index is 0.167. The molecule has 7 heteroatoms. The first kappa shape index (κ1) is 12.6. The van der Waals surface area contributed by atoms with Crippen LogP contribution in [0.1, 0.15) is 12.5 Å². The van der Waals surface area contributed by atoms with Crippen molar-refractivity contribution in [2.75, 3.05) is 19.9 Å². The van der Waals surface area contributed by atoms with E-state index in [0.717, 1.165) is 10.5 Å². The summed E-state index contributed by atoms with van der Waals surface area (Å²) < 4.78 is 15.9. The van der Waals surface area contributed by atoms with Gasteiger partial charge in [-0.15, -0.1) is 0 Å². The van der Waals surface area contributed by atoms with Crippen LogP contribution in [-0.4, -0.2) is 42.0 Å². The van der Waals surface area contributed by atoms with E-state index in [-0.39, 0.29) is 19.9 Å². The van der Waals surface area contributed by atoms with Gasteiger partial charge in [-0.2, -0.15) is 0 Å². The van der Waals surface area contributed by atoms with Crippen LogP contribution in [0.3, 0.4) is 0 Å². The fourth-order valence-electron chi connectivity index (χ4n) is 2.38. The van der Waals surface area contributed by atoms with Gasteiger partial charge in [0.25, 0.3) is 0 Å². The molecule has 1 aromatic carbocycles. The molecule has 1 N–H and O–H groups in total. The minimum atomic E-state index is -1.07. The van der Waals surface area contributed by atoms with Crippen LogP contribution in [0.15, 0.2) is 18.2 Å². The number of benzene rings is 1. The molecule has 0 aromatic heterocycles. The van der Waals surface area contributed by atoms with E-state index in [1.165, 1.54) is 0 Å². The van der Waals surface area contributed by atoms with Crippen LogP contribution in [0.25, 0.3) is 0 Å². The first-order valence-electron chi connectivity index (χ1n) is 6.08. The Bertz CT molecular complexity index is 586. The molecule has 0 spiro atoms. The fraction of sp³-hybridized carbons (Fsp3) is 0.385. The number of cyclic esters (lactones) is 1. The normalized spacial score (nSPS) is 23.9. The molecule has 2 aliphatic heterocycles. The van der Waals surface area contributed by atoms with Crippen molar-refractivity contribution in [3.8, 4) is 11.5 Å². The summed E-state index contributed by atoms with van der Waals surface area (Å²) in [7, 11) is 0. The lowest BCUT2D eigenvalue weighted by Gasteiger charge is -2.22. The van der Waals surface area contributed by atoms with Crippen molar-refractivity contribution in [3.05, 3.63) is 23.8 Å². The van der Waals surface area contributed by atoms with Gasteiger partial charge in [-0.25, -0.2) is 4.79 Å². The number of amides is 1. The molecule has 20 heavy (non-hydrogen) atoms. The second-order valence-corrected chi connectivity index (χ2v) is 4.92. The third-order valence-electron chi connectivity index (χ3n) is 3.37. The highest BCUT2D eigenvalue weighted by Crippen LogP contribution is 2.39. The van der Waals surface area contributed by atoms with E-state index in [0.29, 0.717) is 11.5 Å². The average molecular weight is 279 g/mol. The number of ether oxygens (including phenoxy) is 3. The van der Waals surface area contributed by atoms with Gasteiger partial charge in [0.1, 0.15) is 6.54 Å². The van der Waals surface area contributed by atoms with Crippen molar-refractivity contribution in [2.24, 2.45) is 0 Å². The molecule has 1 saturated heterocycles. The van der Waals surface area contributed by atoms with Crippen molar-refractivity contribution in [1.82, 2.24) is 4.90 Å². The van der Waals surface area contributed by atoms with E-state index in [1.54, 1.807) is 25.1 Å². The van der Waals surface area contributed by atoms with E-state index in [2.05, 4.69) is 0 Å². The Labute approximate surface area is 114 Å². The van der Waals surface area contributed by atoms with Crippen molar-refractivity contribution in [1.29, 1.82) is 0 Å². The Balaban J connectivity index is 1.86. The zero-order valence-corrected chi connectivity index (χ0v) is 10.8. The SMILES string of the molecule is CC1(c2ccc3c(c2)OCO3)CN(CC(=O)O)C(=O)O1. The summed E-state index contributed by atoms with van der Waals surface area (Å²) in [6.07, 6.45) is -0.632. The lowest BCUT2D eigenvalue weighted by molar-refractivity contribution is -0.137. The third kappa shape index (κ3) is 2.01.